The van der Waals surface area contributed by atoms with Gasteiger partial charge in [-0.1, -0.05) is 19.3 Å². The van der Waals surface area contributed by atoms with E-state index in [0.29, 0.717) is 29.5 Å². The number of carbonyl (C=O) groups is 1. The second kappa shape index (κ2) is 8.68. The molecule has 1 aliphatic heterocycles. The van der Waals surface area contributed by atoms with Crippen molar-refractivity contribution in [3.63, 3.8) is 0 Å². The molecule has 0 unspecified atom stereocenters. The van der Waals surface area contributed by atoms with Gasteiger partial charge in [0.1, 0.15) is 5.75 Å². The highest BCUT2D eigenvalue weighted by Crippen LogP contribution is 2.28. The van der Waals surface area contributed by atoms with Crippen molar-refractivity contribution in [2.45, 2.75) is 43.4 Å². The number of hydrogen-bond donors (Lipinski definition) is 1. The molecule has 4 rings (SSSR count). The van der Waals surface area contributed by atoms with Gasteiger partial charge in [0.2, 0.25) is 0 Å². The Bertz CT molecular complexity index is 1010. The van der Waals surface area contributed by atoms with Gasteiger partial charge in [0.05, 0.1) is 12.0 Å². The highest BCUT2D eigenvalue weighted by molar-refractivity contribution is 7.92. The van der Waals surface area contributed by atoms with E-state index in [1.54, 1.807) is 30.3 Å². The van der Waals surface area contributed by atoms with E-state index >= 15 is 0 Å². The molecule has 0 spiro atoms. The zero-order chi connectivity index (χ0) is 21.1. The van der Waals surface area contributed by atoms with E-state index in [1.165, 1.54) is 51.3 Å². The van der Waals surface area contributed by atoms with Crippen LogP contribution in [0.5, 0.6) is 5.75 Å². The van der Waals surface area contributed by atoms with E-state index in [1.807, 2.05) is 4.90 Å². The van der Waals surface area contributed by atoms with Crippen LogP contribution in [0.1, 0.15) is 48.0 Å². The van der Waals surface area contributed by atoms with Crippen LogP contribution in [0.4, 0.5) is 5.69 Å². The monoisotopic (exact) mass is 428 g/mol. The van der Waals surface area contributed by atoms with Gasteiger partial charge in [-0.05, 0) is 73.2 Å². The van der Waals surface area contributed by atoms with Gasteiger partial charge in [0.25, 0.3) is 15.9 Å². The molecule has 2 aromatic carbocycles. The third-order valence-electron chi connectivity index (χ3n) is 6.10. The second-order valence-electron chi connectivity index (χ2n) is 8.16. The molecule has 1 heterocycles. The van der Waals surface area contributed by atoms with E-state index in [0.717, 1.165) is 18.5 Å². The third kappa shape index (κ3) is 4.46. The molecule has 0 atom stereocenters. The van der Waals surface area contributed by atoms with Crippen LogP contribution in [0.3, 0.4) is 0 Å². The Morgan fingerprint density at radius 3 is 2.50 bits per heavy atom. The molecule has 0 saturated heterocycles. The summed E-state index contributed by atoms with van der Waals surface area (Å²) in [5, 5.41) is 0. The lowest BCUT2D eigenvalue weighted by Crippen LogP contribution is -2.41. The van der Waals surface area contributed by atoms with Crippen LogP contribution in [-0.2, 0) is 16.4 Å². The van der Waals surface area contributed by atoms with E-state index in [9.17, 15) is 13.2 Å². The fourth-order valence-corrected chi connectivity index (χ4v) is 5.47. The predicted molar refractivity (Wildman–Crippen MR) is 116 cm³/mol. The van der Waals surface area contributed by atoms with Crippen LogP contribution in [0.2, 0.25) is 0 Å². The predicted octanol–water partition coefficient (Wildman–Crippen LogP) is 4.07. The van der Waals surface area contributed by atoms with Crippen molar-refractivity contribution in [1.29, 1.82) is 0 Å². The topological polar surface area (TPSA) is 75.7 Å². The SMILES string of the molecule is COc1ccc(S(=O)(=O)Nc2ccc3c(c2)CCN(CC2CCCCC2)C3=O)cc1. The number of anilines is 1. The summed E-state index contributed by atoms with van der Waals surface area (Å²) in [4.78, 5) is 15.1. The number of amides is 1. The highest BCUT2D eigenvalue weighted by atomic mass is 32.2. The summed E-state index contributed by atoms with van der Waals surface area (Å²) < 4.78 is 33.1. The Morgan fingerprint density at radius 2 is 1.80 bits per heavy atom. The van der Waals surface area contributed by atoms with E-state index in [4.69, 9.17) is 4.74 Å². The number of nitrogens with zero attached hydrogens (tertiary/aromatic N) is 1. The molecule has 1 fully saturated rings. The minimum absolute atomic E-state index is 0.0615. The molecule has 1 saturated carbocycles. The zero-order valence-corrected chi connectivity index (χ0v) is 18.1. The lowest BCUT2D eigenvalue weighted by atomic mass is 9.88. The van der Waals surface area contributed by atoms with Gasteiger partial charge in [0, 0.05) is 24.3 Å². The van der Waals surface area contributed by atoms with Crippen molar-refractivity contribution < 1.29 is 17.9 Å². The Morgan fingerprint density at radius 1 is 1.07 bits per heavy atom. The summed E-state index contributed by atoms with van der Waals surface area (Å²) in [6.45, 7) is 1.53. The molecular formula is C23H28N2O4S. The normalized spacial score (nSPS) is 17.5. The molecule has 1 aliphatic carbocycles. The number of rotatable bonds is 6. The maximum atomic E-state index is 12.9. The summed E-state index contributed by atoms with van der Waals surface area (Å²) in [5.74, 6) is 1.27. The van der Waals surface area contributed by atoms with Gasteiger partial charge in [-0.25, -0.2) is 8.42 Å². The average molecular weight is 429 g/mol. The van der Waals surface area contributed by atoms with Crippen molar-refractivity contribution in [3.05, 3.63) is 53.6 Å². The lowest BCUT2D eigenvalue weighted by Gasteiger charge is -2.33. The van der Waals surface area contributed by atoms with Crippen LogP contribution in [0.15, 0.2) is 47.4 Å². The van der Waals surface area contributed by atoms with Gasteiger partial charge < -0.3 is 9.64 Å². The first kappa shape index (κ1) is 20.7. The van der Waals surface area contributed by atoms with Gasteiger partial charge >= 0.3 is 0 Å². The summed E-state index contributed by atoms with van der Waals surface area (Å²) in [6, 6.07) is 11.4. The molecule has 6 nitrogen and oxygen atoms in total. The summed E-state index contributed by atoms with van der Waals surface area (Å²) >= 11 is 0. The first-order valence-electron chi connectivity index (χ1n) is 10.6. The van der Waals surface area contributed by atoms with Gasteiger partial charge in [-0.3, -0.25) is 9.52 Å². The standard InChI is InChI=1S/C23H28N2O4S/c1-29-20-8-10-21(11-9-20)30(27,28)24-19-7-12-22-18(15-19)13-14-25(23(22)26)16-17-5-3-2-4-6-17/h7-12,15,17,24H,2-6,13-14,16H2,1H3. The molecule has 160 valence electrons. The second-order valence-corrected chi connectivity index (χ2v) is 9.84. The summed E-state index contributed by atoms with van der Waals surface area (Å²) in [7, 11) is -2.18. The van der Waals surface area contributed by atoms with Gasteiger partial charge in [-0.2, -0.15) is 0 Å². The molecule has 1 amide bonds. The molecule has 1 N–H and O–H groups in total. The molecule has 0 bridgehead atoms. The third-order valence-corrected chi connectivity index (χ3v) is 7.50. The number of sulfonamides is 1. The fourth-order valence-electron chi connectivity index (χ4n) is 4.42. The number of hydrogen-bond acceptors (Lipinski definition) is 4. The number of carbonyl (C=O) groups excluding carboxylic acids is 1. The summed E-state index contributed by atoms with van der Waals surface area (Å²) in [6.07, 6.45) is 7.00. The number of fused-ring (bicyclic) bond motifs is 1. The van der Waals surface area contributed by atoms with Crippen LogP contribution in [0, 0.1) is 5.92 Å². The van der Waals surface area contributed by atoms with Crippen molar-refractivity contribution in [2.24, 2.45) is 5.92 Å². The number of benzene rings is 2. The molecule has 0 radical (unpaired) electrons. The summed E-state index contributed by atoms with van der Waals surface area (Å²) in [5.41, 5.74) is 2.05. The minimum Gasteiger partial charge on any atom is -0.497 e. The van der Waals surface area contributed by atoms with Gasteiger partial charge in [-0.15, -0.1) is 0 Å². The van der Waals surface area contributed by atoms with Crippen LogP contribution in [0.25, 0.3) is 0 Å². The maximum Gasteiger partial charge on any atom is 0.261 e. The molecule has 0 aromatic heterocycles. The minimum atomic E-state index is -3.71. The Hall–Kier alpha value is -2.54. The largest absolute Gasteiger partial charge is 0.497 e. The number of nitrogens with one attached hydrogen (secondary N) is 1. The quantitative estimate of drug-likeness (QED) is 0.752. The van der Waals surface area contributed by atoms with Crippen LogP contribution < -0.4 is 9.46 Å². The molecular weight excluding hydrogens is 400 g/mol. The number of ether oxygens (including phenoxy) is 1. The maximum absolute atomic E-state index is 12.9. The lowest BCUT2D eigenvalue weighted by molar-refractivity contribution is 0.0697. The Kier molecular flexibility index (Phi) is 5.99. The van der Waals surface area contributed by atoms with E-state index in [-0.39, 0.29) is 10.8 Å². The highest BCUT2D eigenvalue weighted by Gasteiger charge is 2.27. The molecule has 30 heavy (non-hydrogen) atoms. The van der Waals surface area contributed by atoms with E-state index < -0.39 is 10.0 Å². The smallest absolute Gasteiger partial charge is 0.261 e. The first-order chi connectivity index (χ1) is 14.5. The molecule has 7 heteroatoms. The average Bonchev–Trinajstić information content (AvgIpc) is 2.76. The van der Waals surface area contributed by atoms with E-state index in [2.05, 4.69) is 4.72 Å². The molecule has 2 aliphatic rings. The first-order valence-corrected chi connectivity index (χ1v) is 12.0. The van der Waals surface area contributed by atoms with Crippen molar-refractivity contribution in [1.82, 2.24) is 4.90 Å². The van der Waals surface area contributed by atoms with Gasteiger partial charge in [0.15, 0.2) is 0 Å². The Labute approximate surface area is 178 Å². The van der Waals surface area contributed by atoms with Crippen molar-refractivity contribution in [2.75, 3.05) is 24.9 Å². The van der Waals surface area contributed by atoms with Crippen molar-refractivity contribution >= 4 is 21.6 Å². The van der Waals surface area contributed by atoms with Crippen LogP contribution >= 0.6 is 0 Å². The number of methoxy groups -OCH3 is 1. The van der Waals surface area contributed by atoms with Crippen molar-refractivity contribution in [3.8, 4) is 5.75 Å². The fraction of sp³-hybridized carbons (Fsp3) is 0.435. The molecule has 2 aromatic rings. The van der Waals surface area contributed by atoms with Crippen LogP contribution in [-0.4, -0.2) is 39.4 Å². The zero-order valence-electron chi connectivity index (χ0n) is 17.3. The Balaban J connectivity index is 1.47.